The molecule has 2 bridgehead atoms. The Morgan fingerprint density at radius 2 is 1.62 bits per heavy atom. The molecule has 0 heterocycles. The minimum absolute atomic E-state index is 0.117. The van der Waals surface area contributed by atoms with Crippen LogP contribution in [0.1, 0.15) is 105 Å². The first kappa shape index (κ1) is 30.4. The molecule has 0 aliphatic heterocycles. The lowest BCUT2D eigenvalue weighted by molar-refractivity contribution is -0.191. The summed E-state index contributed by atoms with van der Waals surface area (Å²) in [4.78, 5) is 27.5. The second kappa shape index (κ2) is 11.0. The Balaban J connectivity index is 1.53. The zero-order valence-corrected chi connectivity index (χ0v) is 24.5. The molecule has 1 spiro atoms. The van der Waals surface area contributed by atoms with Crippen LogP contribution in [0.5, 0.6) is 0 Å². The fourth-order valence-corrected chi connectivity index (χ4v) is 8.56. The van der Waals surface area contributed by atoms with Gasteiger partial charge in [0.1, 0.15) is 23.4 Å². The molecule has 4 aliphatic rings. The number of ether oxygens (including phenoxy) is 1. The molecular formula is C32H50O7. The number of ketones is 1. The number of fused-ring (bicyclic) bond motifs is 3. The second-order valence-electron chi connectivity index (χ2n) is 13.4. The largest absolute Gasteiger partial charge is 0.458 e. The van der Waals surface area contributed by atoms with Crippen LogP contribution in [0.2, 0.25) is 0 Å². The maximum atomic E-state index is 14.4. The Kier molecular flexibility index (Phi) is 8.61. The van der Waals surface area contributed by atoms with E-state index in [1.165, 1.54) is 38.5 Å². The third kappa shape index (κ3) is 4.47. The molecule has 2 fully saturated rings. The van der Waals surface area contributed by atoms with E-state index in [0.717, 1.165) is 19.3 Å². The van der Waals surface area contributed by atoms with Gasteiger partial charge in [0, 0.05) is 23.7 Å². The van der Waals surface area contributed by atoms with Gasteiger partial charge in [-0.2, -0.15) is 0 Å². The highest BCUT2D eigenvalue weighted by Gasteiger charge is 2.83. The molecule has 0 radical (unpaired) electrons. The number of Topliss-reactive ketones (excluding diaryl/α,β-unsaturated/α-hetero) is 1. The van der Waals surface area contributed by atoms with Crippen LogP contribution in [0.15, 0.2) is 23.3 Å². The summed E-state index contributed by atoms with van der Waals surface area (Å²) in [5, 5.41) is 44.5. The van der Waals surface area contributed by atoms with Crippen molar-refractivity contribution in [1.82, 2.24) is 0 Å². The standard InChI is InChI=1S/C32H50O7/c1-6-7-8-9-10-11-12-13-14-15-24(34)39-31-18-21(3)30-17-20(2)26(35)32(30,38)27(36)22(19-33)16-23(28(30)37)25(31)29(31,4)5/h16-17,21,23,25-27,33,35-36,38H,6-15,18-19H2,1-5H3. The lowest BCUT2D eigenvalue weighted by atomic mass is 9.59. The minimum atomic E-state index is -2.21. The fourth-order valence-electron chi connectivity index (χ4n) is 8.56. The van der Waals surface area contributed by atoms with Gasteiger partial charge in [0.05, 0.1) is 12.0 Å². The average Bonchev–Trinajstić information content (AvgIpc) is 3.30. The lowest BCUT2D eigenvalue weighted by Gasteiger charge is -2.48. The number of hydrogen-bond acceptors (Lipinski definition) is 7. The molecule has 8 atom stereocenters. The summed E-state index contributed by atoms with van der Waals surface area (Å²) in [5.41, 5.74) is -4.64. The van der Waals surface area contributed by atoms with Gasteiger partial charge in [-0.05, 0) is 36.8 Å². The molecule has 7 nitrogen and oxygen atoms in total. The molecule has 0 saturated heterocycles. The number of aliphatic hydroxyl groups excluding tert-OH is 3. The van der Waals surface area contributed by atoms with Crippen molar-refractivity contribution in [3.63, 3.8) is 0 Å². The van der Waals surface area contributed by atoms with Crippen LogP contribution in [0.3, 0.4) is 0 Å². The predicted octanol–water partition coefficient (Wildman–Crippen LogP) is 4.40. The maximum absolute atomic E-state index is 14.4. The smallest absolute Gasteiger partial charge is 0.306 e. The Bertz CT molecular complexity index is 1010. The van der Waals surface area contributed by atoms with Gasteiger partial charge in [0.25, 0.3) is 0 Å². The number of unbranched alkanes of at least 4 members (excludes halogenated alkanes) is 8. The van der Waals surface area contributed by atoms with Crippen molar-refractivity contribution in [3.8, 4) is 0 Å². The quantitative estimate of drug-likeness (QED) is 0.162. The number of aliphatic hydroxyl groups is 4. The number of rotatable bonds is 12. The Morgan fingerprint density at radius 3 is 2.21 bits per heavy atom. The van der Waals surface area contributed by atoms with Crippen molar-refractivity contribution in [3.05, 3.63) is 23.3 Å². The van der Waals surface area contributed by atoms with Crippen molar-refractivity contribution in [2.75, 3.05) is 6.61 Å². The molecule has 7 heteroatoms. The van der Waals surface area contributed by atoms with Crippen LogP contribution in [0.25, 0.3) is 0 Å². The van der Waals surface area contributed by atoms with E-state index < -0.39 is 52.7 Å². The summed E-state index contributed by atoms with van der Waals surface area (Å²) in [6, 6.07) is 0. The van der Waals surface area contributed by atoms with Crippen molar-refractivity contribution >= 4 is 11.8 Å². The van der Waals surface area contributed by atoms with Gasteiger partial charge in [-0.3, -0.25) is 9.59 Å². The maximum Gasteiger partial charge on any atom is 0.306 e. The number of esters is 1. The van der Waals surface area contributed by atoms with Gasteiger partial charge in [-0.15, -0.1) is 0 Å². The summed E-state index contributed by atoms with van der Waals surface area (Å²) in [7, 11) is 0. The monoisotopic (exact) mass is 546 g/mol. The Morgan fingerprint density at radius 1 is 1.03 bits per heavy atom. The Hall–Kier alpha value is -1.54. The second-order valence-corrected chi connectivity index (χ2v) is 13.4. The third-order valence-corrected chi connectivity index (χ3v) is 10.8. The van der Waals surface area contributed by atoms with Crippen molar-refractivity contribution < 1.29 is 34.8 Å². The normalized spacial score (nSPS) is 40.1. The van der Waals surface area contributed by atoms with Gasteiger partial charge in [0.2, 0.25) is 0 Å². The van der Waals surface area contributed by atoms with E-state index in [0.29, 0.717) is 18.4 Å². The van der Waals surface area contributed by atoms with Gasteiger partial charge < -0.3 is 25.2 Å². The fraction of sp³-hybridized carbons (Fsp3) is 0.812. The molecule has 4 N–H and O–H groups in total. The molecular weight excluding hydrogens is 496 g/mol. The number of carbonyl (C=O) groups excluding carboxylic acids is 2. The highest BCUT2D eigenvalue weighted by Crippen LogP contribution is 2.75. The summed E-state index contributed by atoms with van der Waals surface area (Å²) >= 11 is 0. The molecule has 0 aromatic rings. The zero-order valence-electron chi connectivity index (χ0n) is 24.5. The third-order valence-electron chi connectivity index (χ3n) is 10.8. The first-order valence-corrected chi connectivity index (χ1v) is 15.2. The topological polar surface area (TPSA) is 124 Å². The van der Waals surface area contributed by atoms with E-state index in [-0.39, 0.29) is 23.2 Å². The van der Waals surface area contributed by atoms with Crippen molar-refractivity contribution in [2.24, 2.45) is 28.6 Å². The van der Waals surface area contributed by atoms with Crippen LogP contribution in [0.4, 0.5) is 0 Å². The first-order valence-electron chi connectivity index (χ1n) is 15.2. The van der Waals surface area contributed by atoms with Gasteiger partial charge in [-0.25, -0.2) is 0 Å². The SMILES string of the molecule is CCCCCCCCCCCC(=O)OC12CC(C)C34C=C(C)C(O)C3(O)C(O)C(CO)=CC(C4=O)C1C2(C)C. The number of hydrogen-bond donors (Lipinski definition) is 4. The van der Waals surface area contributed by atoms with Crippen molar-refractivity contribution in [2.45, 2.75) is 129 Å². The van der Waals surface area contributed by atoms with Crippen molar-refractivity contribution in [1.29, 1.82) is 0 Å². The van der Waals surface area contributed by atoms with Gasteiger partial charge in [0.15, 0.2) is 5.78 Å². The van der Waals surface area contributed by atoms with Crippen LogP contribution in [0, 0.1) is 28.6 Å². The van der Waals surface area contributed by atoms with Crippen LogP contribution in [-0.4, -0.2) is 62.2 Å². The van der Waals surface area contributed by atoms with Gasteiger partial charge in [-0.1, -0.05) is 91.2 Å². The van der Waals surface area contributed by atoms with Crippen LogP contribution in [-0.2, 0) is 14.3 Å². The average molecular weight is 547 g/mol. The molecule has 0 amide bonds. The molecule has 0 aromatic carbocycles. The molecule has 0 aromatic heterocycles. The summed E-state index contributed by atoms with van der Waals surface area (Å²) in [6.45, 7) is 9.16. The van der Waals surface area contributed by atoms with Gasteiger partial charge >= 0.3 is 5.97 Å². The highest BCUT2D eigenvalue weighted by atomic mass is 16.6. The van der Waals surface area contributed by atoms with E-state index in [2.05, 4.69) is 6.92 Å². The van der Waals surface area contributed by atoms with Crippen LogP contribution < -0.4 is 0 Å². The lowest BCUT2D eigenvalue weighted by Crippen LogP contribution is -2.65. The first-order chi connectivity index (χ1) is 18.4. The molecule has 8 unspecified atom stereocenters. The molecule has 4 aliphatic carbocycles. The number of allylic oxidation sites excluding steroid dienone is 1. The molecule has 39 heavy (non-hydrogen) atoms. The summed E-state index contributed by atoms with van der Waals surface area (Å²) < 4.78 is 6.31. The predicted molar refractivity (Wildman–Crippen MR) is 149 cm³/mol. The minimum Gasteiger partial charge on any atom is -0.458 e. The molecule has 4 rings (SSSR count). The Labute approximate surface area is 233 Å². The van der Waals surface area contributed by atoms with E-state index in [9.17, 15) is 30.0 Å². The highest BCUT2D eigenvalue weighted by molar-refractivity contribution is 5.95. The summed E-state index contributed by atoms with van der Waals surface area (Å²) in [6.07, 6.45) is 11.2. The molecule has 2 saturated carbocycles. The van der Waals surface area contributed by atoms with Crippen LogP contribution >= 0.6 is 0 Å². The van der Waals surface area contributed by atoms with E-state index in [1.807, 2.05) is 20.8 Å². The zero-order chi connectivity index (χ0) is 28.8. The van der Waals surface area contributed by atoms with E-state index in [1.54, 1.807) is 19.1 Å². The van der Waals surface area contributed by atoms with E-state index in [4.69, 9.17) is 4.74 Å². The molecule has 220 valence electrons. The number of carbonyl (C=O) groups is 2. The van der Waals surface area contributed by atoms with E-state index >= 15 is 0 Å². The summed E-state index contributed by atoms with van der Waals surface area (Å²) in [5.74, 6) is -2.21.